The summed E-state index contributed by atoms with van der Waals surface area (Å²) >= 11 is 0. The van der Waals surface area contributed by atoms with E-state index in [0.717, 1.165) is 44.6 Å². The number of nitrogens with zero attached hydrogens (tertiary/aromatic N) is 2. The molecule has 1 aromatic rings. The van der Waals surface area contributed by atoms with Gasteiger partial charge in [0.15, 0.2) is 0 Å². The van der Waals surface area contributed by atoms with E-state index in [4.69, 9.17) is 5.73 Å². The second-order valence-electron chi connectivity index (χ2n) is 5.26. The molecule has 2 heterocycles. The van der Waals surface area contributed by atoms with E-state index in [1.165, 1.54) is 0 Å². The summed E-state index contributed by atoms with van der Waals surface area (Å²) in [6.07, 6.45) is 6.19. The van der Waals surface area contributed by atoms with Crippen LogP contribution in [0.3, 0.4) is 0 Å². The average Bonchev–Trinajstić information content (AvgIpc) is 2.49. The van der Waals surface area contributed by atoms with Gasteiger partial charge in [-0.15, -0.1) is 0 Å². The molecular weight excluding hydrogens is 252 g/mol. The Morgan fingerprint density at radius 1 is 1.35 bits per heavy atom. The average molecular weight is 276 g/mol. The maximum Gasteiger partial charge on any atom is 0.220 e. The first kappa shape index (κ1) is 14.8. The summed E-state index contributed by atoms with van der Waals surface area (Å²) < 4.78 is 0. The lowest BCUT2D eigenvalue weighted by Crippen LogP contribution is -2.44. The van der Waals surface area contributed by atoms with Gasteiger partial charge in [-0.25, -0.2) is 4.98 Å². The third-order valence-corrected chi connectivity index (χ3v) is 3.69. The minimum Gasteiger partial charge on any atom is -0.356 e. The number of piperidine rings is 1. The van der Waals surface area contributed by atoms with E-state index in [1.54, 1.807) is 0 Å². The summed E-state index contributed by atoms with van der Waals surface area (Å²) in [5, 5.41) is 3.12. The highest BCUT2D eigenvalue weighted by molar-refractivity contribution is 5.76. The number of rotatable bonds is 6. The molecule has 1 saturated heterocycles. The molecule has 1 aromatic heterocycles. The number of pyridine rings is 1. The number of anilines is 1. The van der Waals surface area contributed by atoms with Crippen molar-refractivity contribution in [3.05, 3.63) is 24.4 Å². The summed E-state index contributed by atoms with van der Waals surface area (Å²) in [7, 11) is 0. The first-order valence-corrected chi connectivity index (χ1v) is 7.45. The van der Waals surface area contributed by atoms with Gasteiger partial charge in [0, 0.05) is 31.7 Å². The van der Waals surface area contributed by atoms with E-state index in [-0.39, 0.29) is 5.91 Å². The summed E-state index contributed by atoms with van der Waals surface area (Å²) in [5.41, 5.74) is 5.43. The lowest BCUT2D eigenvalue weighted by Gasteiger charge is -2.33. The van der Waals surface area contributed by atoms with Crippen LogP contribution in [0.4, 0.5) is 5.82 Å². The first-order valence-electron chi connectivity index (χ1n) is 7.45. The van der Waals surface area contributed by atoms with E-state index in [1.807, 2.05) is 24.4 Å². The zero-order chi connectivity index (χ0) is 14.2. The Hall–Kier alpha value is -1.62. The Balaban J connectivity index is 1.70. The van der Waals surface area contributed by atoms with Gasteiger partial charge < -0.3 is 16.0 Å². The number of carbonyl (C=O) groups is 1. The minimum absolute atomic E-state index is 0.162. The van der Waals surface area contributed by atoms with Crippen molar-refractivity contribution in [1.82, 2.24) is 10.3 Å². The van der Waals surface area contributed by atoms with Gasteiger partial charge in [-0.3, -0.25) is 4.79 Å². The lowest BCUT2D eigenvalue weighted by molar-refractivity contribution is -0.122. The molecule has 1 aliphatic rings. The van der Waals surface area contributed by atoms with E-state index >= 15 is 0 Å². The molecule has 0 unspecified atom stereocenters. The normalized spacial score (nSPS) is 16.1. The van der Waals surface area contributed by atoms with E-state index in [9.17, 15) is 4.79 Å². The van der Waals surface area contributed by atoms with Crippen LogP contribution in [0.25, 0.3) is 0 Å². The maximum absolute atomic E-state index is 11.8. The molecule has 0 aliphatic carbocycles. The van der Waals surface area contributed by atoms with E-state index in [2.05, 4.69) is 15.2 Å². The molecule has 20 heavy (non-hydrogen) atoms. The van der Waals surface area contributed by atoms with Gasteiger partial charge in [0.05, 0.1) is 0 Å². The largest absolute Gasteiger partial charge is 0.356 e. The van der Waals surface area contributed by atoms with Gasteiger partial charge in [0.25, 0.3) is 0 Å². The van der Waals surface area contributed by atoms with Crippen LogP contribution in [0.1, 0.15) is 32.1 Å². The fraction of sp³-hybridized carbons (Fsp3) is 0.600. The van der Waals surface area contributed by atoms with Crippen molar-refractivity contribution < 1.29 is 4.79 Å². The van der Waals surface area contributed by atoms with Gasteiger partial charge in [-0.05, 0) is 44.4 Å². The molecule has 0 atom stereocenters. The third-order valence-electron chi connectivity index (χ3n) is 3.69. The van der Waals surface area contributed by atoms with Crippen molar-refractivity contribution in [1.29, 1.82) is 0 Å². The minimum atomic E-state index is 0.162. The van der Waals surface area contributed by atoms with Crippen molar-refractivity contribution in [3.8, 4) is 0 Å². The van der Waals surface area contributed by atoms with E-state index < -0.39 is 0 Å². The number of hydrogen-bond acceptors (Lipinski definition) is 4. The molecule has 1 aliphatic heterocycles. The van der Waals surface area contributed by atoms with Crippen LogP contribution < -0.4 is 16.0 Å². The van der Waals surface area contributed by atoms with Gasteiger partial charge in [-0.2, -0.15) is 0 Å². The Kier molecular flexibility index (Phi) is 5.80. The smallest absolute Gasteiger partial charge is 0.220 e. The monoisotopic (exact) mass is 276 g/mol. The molecule has 0 spiro atoms. The van der Waals surface area contributed by atoms with Crippen LogP contribution >= 0.6 is 0 Å². The molecule has 110 valence electrons. The van der Waals surface area contributed by atoms with Crippen LogP contribution in [-0.2, 0) is 4.79 Å². The van der Waals surface area contributed by atoms with Crippen LogP contribution in [0, 0.1) is 0 Å². The third kappa shape index (κ3) is 4.49. The summed E-state index contributed by atoms with van der Waals surface area (Å²) in [6.45, 7) is 2.56. The molecule has 0 bridgehead atoms. The fourth-order valence-electron chi connectivity index (χ4n) is 2.52. The molecule has 5 nitrogen and oxygen atoms in total. The standard InChI is InChI=1S/C15H24N4O/c16-9-3-1-6-15(20)18-13-7-11-19(12-8-13)14-5-2-4-10-17-14/h2,4-5,10,13H,1,3,6-9,11-12,16H2,(H,18,20). The molecular formula is C15H24N4O. The van der Waals surface area contributed by atoms with Crippen molar-refractivity contribution in [3.63, 3.8) is 0 Å². The highest BCUT2D eigenvalue weighted by Gasteiger charge is 2.21. The second kappa shape index (κ2) is 7.85. The highest BCUT2D eigenvalue weighted by atomic mass is 16.1. The number of hydrogen-bond donors (Lipinski definition) is 2. The quantitative estimate of drug-likeness (QED) is 0.768. The number of nitrogens with one attached hydrogen (secondary N) is 1. The first-order chi connectivity index (χ1) is 9.79. The molecule has 0 radical (unpaired) electrons. The van der Waals surface area contributed by atoms with Gasteiger partial charge in [-0.1, -0.05) is 6.07 Å². The van der Waals surface area contributed by atoms with Gasteiger partial charge in [0.1, 0.15) is 5.82 Å². The highest BCUT2D eigenvalue weighted by Crippen LogP contribution is 2.17. The van der Waals surface area contributed by atoms with Crippen molar-refractivity contribution in [2.45, 2.75) is 38.1 Å². The topological polar surface area (TPSA) is 71.2 Å². The fourth-order valence-corrected chi connectivity index (χ4v) is 2.52. The SMILES string of the molecule is NCCCCC(=O)NC1CCN(c2ccccn2)CC1. The van der Waals surface area contributed by atoms with Crippen molar-refractivity contribution in [2.24, 2.45) is 5.73 Å². The summed E-state index contributed by atoms with van der Waals surface area (Å²) in [6, 6.07) is 6.28. The molecule has 3 N–H and O–H groups in total. The number of amides is 1. The molecule has 5 heteroatoms. The lowest BCUT2D eigenvalue weighted by atomic mass is 10.0. The number of aromatic nitrogens is 1. The number of carbonyl (C=O) groups excluding carboxylic acids is 1. The van der Waals surface area contributed by atoms with Crippen molar-refractivity contribution >= 4 is 11.7 Å². The van der Waals surface area contributed by atoms with Crippen LogP contribution in [-0.4, -0.2) is 36.6 Å². The van der Waals surface area contributed by atoms with Gasteiger partial charge in [0.2, 0.25) is 5.91 Å². The predicted molar refractivity (Wildman–Crippen MR) is 80.5 cm³/mol. The van der Waals surface area contributed by atoms with Crippen LogP contribution in [0.5, 0.6) is 0 Å². The zero-order valence-corrected chi connectivity index (χ0v) is 11.9. The maximum atomic E-state index is 11.8. The Labute approximate surface area is 120 Å². The molecule has 1 amide bonds. The second-order valence-corrected chi connectivity index (χ2v) is 5.26. The van der Waals surface area contributed by atoms with E-state index in [0.29, 0.717) is 19.0 Å². The van der Waals surface area contributed by atoms with Crippen molar-refractivity contribution in [2.75, 3.05) is 24.5 Å². The van der Waals surface area contributed by atoms with Gasteiger partial charge >= 0.3 is 0 Å². The summed E-state index contributed by atoms with van der Waals surface area (Å²) in [4.78, 5) is 18.4. The van der Waals surface area contributed by atoms with Crippen LogP contribution in [0.2, 0.25) is 0 Å². The molecule has 0 aromatic carbocycles. The Morgan fingerprint density at radius 2 is 2.15 bits per heavy atom. The number of unbranched alkanes of at least 4 members (excludes halogenated alkanes) is 1. The van der Waals surface area contributed by atoms with Crippen LogP contribution in [0.15, 0.2) is 24.4 Å². The Morgan fingerprint density at radius 3 is 2.80 bits per heavy atom. The number of nitrogens with two attached hydrogens (primary N) is 1. The Bertz CT molecular complexity index is 402. The predicted octanol–water partition coefficient (Wildman–Crippen LogP) is 1.30. The summed E-state index contributed by atoms with van der Waals surface area (Å²) in [5.74, 6) is 1.19. The zero-order valence-electron chi connectivity index (χ0n) is 11.9. The molecule has 1 fully saturated rings. The molecule has 2 rings (SSSR count). The molecule has 0 saturated carbocycles.